The Bertz CT molecular complexity index is 1200. The number of aryl methyl sites for hydroxylation is 1. The zero-order valence-electron chi connectivity index (χ0n) is 18.5. The lowest BCUT2D eigenvalue weighted by atomic mass is 9.91. The van der Waals surface area contributed by atoms with Crippen LogP contribution in [0.15, 0.2) is 91.1 Å². The molecule has 1 fully saturated rings. The Morgan fingerprint density at radius 3 is 2.03 bits per heavy atom. The van der Waals surface area contributed by atoms with Gasteiger partial charge in [0.1, 0.15) is 0 Å². The number of alkyl halides is 3. The van der Waals surface area contributed by atoms with Gasteiger partial charge in [-0.15, -0.1) is 0 Å². The van der Waals surface area contributed by atoms with Crippen LogP contribution in [-0.2, 0) is 23.9 Å². The lowest BCUT2D eigenvalue weighted by molar-refractivity contribution is -0.137. The van der Waals surface area contributed by atoms with Gasteiger partial charge >= 0.3 is 12.2 Å². The lowest BCUT2D eigenvalue weighted by Crippen LogP contribution is -2.55. The first-order valence-corrected chi connectivity index (χ1v) is 10.8. The van der Waals surface area contributed by atoms with Gasteiger partial charge in [0.15, 0.2) is 0 Å². The molecule has 0 saturated carbocycles. The summed E-state index contributed by atoms with van der Waals surface area (Å²) < 4.78 is 38.8. The Hall–Kier alpha value is -3.87. The van der Waals surface area contributed by atoms with E-state index in [-0.39, 0.29) is 6.54 Å². The molecule has 34 heavy (non-hydrogen) atoms. The second-order valence-corrected chi connectivity index (χ2v) is 8.31. The summed E-state index contributed by atoms with van der Waals surface area (Å²) in [7, 11) is 0. The molecule has 3 aromatic rings. The van der Waals surface area contributed by atoms with Crippen LogP contribution in [0.5, 0.6) is 0 Å². The molecule has 0 spiro atoms. The maximum atomic E-state index is 13.5. The van der Waals surface area contributed by atoms with Gasteiger partial charge in [0.05, 0.1) is 23.7 Å². The molecule has 0 bridgehead atoms. The van der Waals surface area contributed by atoms with E-state index in [4.69, 9.17) is 0 Å². The quantitative estimate of drug-likeness (QED) is 0.441. The van der Waals surface area contributed by atoms with E-state index in [2.05, 4.69) is 6.58 Å². The molecule has 1 saturated heterocycles. The van der Waals surface area contributed by atoms with Crippen LogP contribution in [0.2, 0.25) is 0 Å². The third kappa shape index (κ3) is 4.73. The maximum absolute atomic E-state index is 13.5. The molecular formula is C27H23F3N2O2. The number of carbonyl (C=O) groups excluding carboxylic acids is 2. The minimum absolute atomic E-state index is 0.142. The standard InChI is InChI=1S/C27H23F3N2O2/c1-18-8-10-20(11-9-18)16-24-19(2)32(23-6-4-3-5-7-23)26(34)31(25(24)33)17-21-12-14-22(15-13-21)27(28,29)30/h3-15,24H,2,16-17H2,1H3. The number of imide groups is 1. The summed E-state index contributed by atoms with van der Waals surface area (Å²) in [6, 6.07) is 20.5. The number of hydrogen-bond acceptors (Lipinski definition) is 2. The molecule has 1 atom stereocenters. The highest BCUT2D eigenvalue weighted by Crippen LogP contribution is 2.34. The molecule has 4 nitrogen and oxygen atoms in total. The minimum atomic E-state index is -4.46. The van der Waals surface area contributed by atoms with Crippen LogP contribution in [-0.4, -0.2) is 16.8 Å². The molecule has 0 aromatic heterocycles. The van der Waals surface area contributed by atoms with Crippen molar-refractivity contribution in [3.8, 4) is 0 Å². The summed E-state index contributed by atoms with van der Waals surface area (Å²) in [5.41, 5.74) is 2.57. The minimum Gasteiger partial charge on any atom is -0.274 e. The monoisotopic (exact) mass is 464 g/mol. The van der Waals surface area contributed by atoms with Crippen LogP contribution < -0.4 is 4.90 Å². The first kappa shape index (κ1) is 23.3. The molecule has 7 heteroatoms. The molecule has 3 aromatic carbocycles. The molecule has 4 rings (SSSR count). The summed E-state index contributed by atoms with van der Waals surface area (Å²) in [6.45, 7) is 5.91. The van der Waals surface area contributed by atoms with E-state index in [9.17, 15) is 22.8 Å². The molecule has 1 heterocycles. The summed E-state index contributed by atoms with van der Waals surface area (Å²) in [4.78, 5) is 29.4. The normalized spacial score (nSPS) is 16.8. The molecule has 1 unspecified atom stereocenters. The Morgan fingerprint density at radius 2 is 1.44 bits per heavy atom. The van der Waals surface area contributed by atoms with Crippen molar-refractivity contribution >= 4 is 17.6 Å². The van der Waals surface area contributed by atoms with Crippen molar-refractivity contribution in [3.63, 3.8) is 0 Å². The topological polar surface area (TPSA) is 40.6 Å². The number of amides is 3. The predicted molar refractivity (Wildman–Crippen MR) is 124 cm³/mol. The Balaban J connectivity index is 1.67. The first-order chi connectivity index (χ1) is 16.1. The van der Waals surface area contributed by atoms with Gasteiger partial charge in [-0.1, -0.05) is 66.7 Å². The maximum Gasteiger partial charge on any atom is 0.416 e. The van der Waals surface area contributed by atoms with E-state index in [1.54, 1.807) is 24.3 Å². The largest absolute Gasteiger partial charge is 0.416 e. The molecule has 3 amide bonds. The van der Waals surface area contributed by atoms with Gasteiger partial charge in [-0.2, -0.15) is 13.2 Å². The van der Waals surface area contributed by atoms with Gasteiger partial charge in [-0.3, -0.25) is 14.6 Å². The van der Waals surface area contributed by atoms with E-state index in [1.165, 1.54) is 17.0 Å². The average molecular weight is 464 g/mol. The van der Waals surface area contributed by atoms with Crippen molar-refractivity contribution in [1.29, 1.82) is 0 Å². The molecule has 0 aliphatic carbocycles. The second kappa shape index (κ2) is 9.17. The van der Waals surface area contributed by atoms with Crippen LogP contribution >= 0.6 is 0 Å². The van der Waals surface area contributed by atoms with Crippen molar-refractivity contribution in [2.24, 2.45) is 5.92 Å². The van der Waals surface area contributed by atoms with Crippen LogP contribution in [0.3, 0.4) is 0 Å². The fraction of sp³-hybridized carbons (Fsp3) is 0.185. The predicted octanol–water partition coefficient (Wildman–Crippen LogP) is 6.36. The fourth-order valence-corrected chi connectivity index (χ4v) is 3.97. The summed E-state index contributed by atoms with van der Waals surface area (Å²) in [5.74, 6) is -1.13. The number of urea groups is 1. The highest BCUT2D eigenvalue weighted by atomic mass is 19.4. The number of nitrogens with zero attached hydrogens (tertiary/aromatic N) is 2. The van der Waals surface area contributed by atoms with Crippen LogP contribution in [0, 0.1) is 12.8 Å². The Labute approximate surface area is 195 Å². The van der Waals surface area contributed by atoms with Crippen molar-refractivity contribution in [3.05, 3.63) is 113 Å². The molecule has 174 valence electrons. The summed E-state index contributed by atoms with van der Waals surface area (Å²) in [5, 5.41) is 0. The van der Waals surface area contributed by atoms with Gasteiger partial charge < -0.3 is 0 Å². The number of carbonyl (C=O) groups is 2. The summed E-state index contributed by atoms with van der Waals surface area (Å²) in [6.07, 6.45) is -4.12. The summed E-state index contributed by atoms with van der Waals surface area (Å²) >= 11 is 0. The number of para-hydroxylation sites is 1. The van der Waals surface area contributed by atoms with Gasteiger partial charge in [-0.05, 0) is 48.7 Å². The number of benzene rings is 3. The third-order valence-corrected chi connectivity index (χ3v) is 5.87. The number of halogens is 3. The van der Waals surface area contributed by atoms with Gasteiger partial charge in [0.25, 0.3) is 0 Å². The zero-order chi connectivity index (χ0) is 24.5. The van der Waals surface area contributed by atoms with Crippen LogP contribution in [0.25, 0.3) is 0 Å². The third-order valence-electron chi connectivity index (χ3n) is 5.87. The van der Waals surface area contributed by atoms with Crippen LogP contribution in [0.4, 0.5) is 23.7 Å². The second-order valence-electron chi connectivity index (χ2n) is 8.31. The molecular weight excluding hydrogens is 441 g/mol. The highest BCUT2D eigenvalue weighted by Gasteiger charge is 2.42. The van der Waals surface area contributed by atoms with E-state index in [0.29, 0.717) is 23.4 Å². The van der Waals surface area contributed by atoms with E-state index in [1.807, 2.05) is 37.3 Å². The average Bonchev–Trinajstić information content (AvgIpc) is 2.81. The van der Waals surface area contributed by atoms with Crippen molar-refractivity contribution in [2.75, 3.05) is 4.90 Å². The lowest BCUT2D eigenvalue weighted by Gasteiger charge is -2.40. The zero-order valence-corrected chi connectivity index (χ0v) is 18.5. The van der Waals surface area contributed by atoms with E-state index >= 15 is 0 Å². The number of hydrogen-bond donors (Lipinski definition) is 0. The SMILES string of the molecule is C=C1C(Cc2ccc(C)cc2)C(=O)N(Cc2ccc(C(F)(F)F)cc2)C(=O)N1c1ccccc1. The number of anilines is 1. The molecule has 1 aliphatic heterocycles. The van der Waals surface area contributed by atoms with Crippen molar-refractivity contribution < 1.29 is 22.8 Å². The molecule has 1 aliphatic rings. The van der Waals surface area contributed by atoms with Gasteiger partial charge in [0, 0.05) is 5.70 Å². The Morgan fingerprint density at radius 1 is 0.853 bits per heavy atom. The van der Waals surface area contributed by atoms with E-state index < -0.39 is 29.6 Å². The fourth-order valence-electron chi connectivity index (χ4n) is 3.97. The van der Waals surface area contributed by atoms with E-state index in [0.717, 1.165) is 28.2 Å². The van der Waals surface area contributed by atoms with Gasteiger partial charge in [0.2, 0.25) is 5.91 Å². The van der Waals surface area contributed by atoms with Crippen molar-refractivity contribution in [2.45, 2.75) is 26.1 Å². The smallest absolute Gasteiger partial charge is 0.274 e. The molecule has 0 N–H and O–H groups in total. The Kier molecular flexibility index (Phi) is 6.28. The molecule has 0 radical (unpaired) electrons. The first-order valence-electron chi connectivity index (χ1n) is 10.8. The van der Waals surface area contributed by atoms with Crippen molar-refractivity contribution in [1.82, 2.24) is 4.90 Å². The highest BCUT2D eigenvalue weighted by molar-refractivity contribution is 6.10. The van der Waals surface area contributed by atoms with Gasteiger partial charge in [-0.25, -0.2) is 4.79 Å². The number of rotatable bonds is 5. The van der Waals surface area contributed by atoms with Crippen LogP contribution in [0.1, 0.15) is 22.3 Å².